The molecule has 0 saturated heterocycles. The third-order valence-electron chi connectivity index (χ3n) is 4.47. The van der Waals surface area contributed by atoms with Gasteiger partial charge in [0.25, 0.3) is 0 Å². The van der Waals surface area contributed by atoms with Gasteiger partial charge < -0.3 is 0 Å². The van der Waals surface area contributed by atoms with Crippen molar-refractivity contribution in [3.63, 3.8) is 0 Å². The van der Waals surface area contributed by atoms with Crippen molar-refractivity contribution in [1.82, 2.24) is 0 Å². The normalized spacial score (nSPS) is 36.6. The van der Waals surface area contributed by atoms with E-state index < -0.39 is 0 Å². The molecule has 3 unspecified atom stereocenters. The molecule has 0 aliphatic heterocycles. The van der Waals surface area contributed by atoms with Gasteiger partial charge in [-0.3, -0.25) is 0 Å². The highest BCUT2D eigenvalue weighted by atomic mass is 35.5. The van der Waals surface area contributed by atoms with E-state index in [1.165, 1.54) is 57.8 Å². The molecular weight excluding hydrogens is 216 g/mol. The maximum absolute atomic E-state index is 6.33. The van der Waals surface area contributed by atoms with Gasteiger partial charge in [0, 0.05) is 0 Å². The van der Waals surface area contributed by atoms with Crippen molar-refractivity contribution in [2.75, 3.05) is 0 Å². The fourth-order valence-electron chi connectivity index (χ4n) is 3.41. The Morgan fingerprint density at radius 1 is 1.19 bits per heavy atom. The summed E-state index contributed by atoms with van der Waals surface area (Å²) in [4.78, 5) is 0. The maximum atomic E-state index is 6.33. The lowest BCUT2D eigenvalue weighted by Gasteiger charge is -2.30. The highest BCUT2D eigenvalue weighted by molar-refractivity contribution is 6.21. The van der Waals surface area contributed by atoms with E-state index in [0.29, 0.717) is 5.38 Å². The Kier molecular flexibility index (Phi) is 4.76. The average molecular weight is 241 g/mol. The maximum Gasteiger partial charge on any atom is 0.0518 e. The van der Waals surface area contributed by atoms with Gasteiger partial charge in [-0.1, -0.05) is 44.3 Å². The summed E-state index contributed by atoms with van der Waals surface area (Å²) in [5, 5.41) is 0.319. The largest absolute Gasteiger partial charge is 0.118 e. The molecule has 0 bridgehead atoms. The van der Waals surface area contributed by atoms with Gasteiger partial charge in [-0.15, -0.1) is 11.6 Å². The van der Waals surface area contributed by atoms with E-state index in [2.05, 4.69) is 13.0 Å². The number of hydrogen-bond acceptors (Lipinski definition) is 0. The van der Waals surface area contributed by atoms with E-state index in [0.717, 1.165) is 11.8 Å². The summed E-state index contributed by atoms with van der Waals surface area (Å²) in [5.41, 5.74) is 1.70. The Labute approximate surface area is 105 Å². The van der Waals surface area contributed by atoms with Crippen LogP contribution in [0.2, 0.25) is 0 Å². The number of rotatable bonds is 2. The van der Waals surface area contributed by atoms with E-state index >= 15 is 0 Å². The molecule has 0 N–H and O–H groups in total. The second kappa shape index (κ2) is 6.10. The molecule has 1 heteroatoms. The molecule has 0 aromatic heterocycles. The van der Waals surface area contributed by atoms with Crippen molar-refractivity contribution in [1.29, 1.82) is 0 Å². The van der Waals surface area contributed by atoms with Crippen LogP contribution in [0.3, 0.4) is 0 Å². The average Bonchev–Trinajstić information content (AvgIpc) is 2.54. The van der Waals surface area contributed by atoms with Crippen molar-refractivity contribution in [2.45, 2.75) is 70.1 Å². The Morgan fingerprint density at radius 3 is 2.88 bits per heavy atom. The van der Waals surface area contributed by atoms with Crippen LogP contribution in [-0.2, 0) is 0 Å². The minimum absolute atomic E-state index is 0.319. The van der Waals surface area contributed by atoms with Gasteiger partial charge in [0.1, 0.15) is 0 Å². The van der Waals surface area contributed by atoms with Crippen LogP contribution in [0.25, 0.3) is 0 Å². The Balaban J connectivity index is 1.99. The van der Waals surface area contributed by atoms with E-state index in [9.17, 15) is 0 Å². The van der Waals surface area contributed by atoms with Crippen molar-refractivity contribution in [3.8, 4) is 0 Å². The van der Waals surface area contributed by atoms with Gasteiger partial charge >= 0.3 is 0 Å². The van der Waals surface area contributed by atoms with Gasteiger partial charge in [-0.2, -0.15) is 0 Å². The molecule has 2 aliphatic carbocycles. The first-order valence-electron chi connectivity index (χ1n) is 7.14. The number of hydrogen-bond donors (Lipinski definition) is 0. The highest BCUT2D eigenvalue weighted by Gasteiger charge is 2.24. The van der Waals surface area contributed by atoms with Crippen LogP contribution in [0.4, 0.5) is 0 Å². The summed E-state index contributed by atoms with van der Waals surface area (Å²) in [5.74, 6) is 1.86. The predicted molar refractivity (Wildman–Crippen MR) is 71.9 cm³/mol. The van der Waals surface area contributed by atoms with Crippen LogP contribution < -0.4 is 0 Å². The van der Waals surface area contributed by atoms with Gasteiger partial charge in [0.15, 0.2) is 0 Å². The third-order valence-corrected chi connectivity index (χ3v) is 4.82. The van der Waals surface area contributed by atoms with Gasteiger partial charge in [-0.05, 0) is 43.9 Å². The molecule has 1 saturated carbocycles. The zero-order valence-corrected chi connectivity index (χ0v) is 11.3. The molecule has 0 aromatic carbocycles. The lowest BCUT2D eigenvalue weighted by atomic mass is 9.76. The Morgan fingerprint density at radius 2 is 2.06 bits per heavy atom. The van der Waals surface area contributed by atoms with Gasteiger partial charge in [0.05, 0.1) is 5.38 Å². The van der Waals surface area contributed by atoms with E-state index in [1.807, 2.05) is 0 Å². The molecule has 3 atom stereocenters. The fraction of sp³-hybridized carbons (Fsp3) is 0.867. The zero-order chi connectivity index (χ0) is 11.4. The number of alkyl halides is 1. The van der Waals surface area contributed by atoms with Crippen LogP contribution in [0.1, 0.15) is 64.7 Å². The molecule has 0 aromatic rings. The SMILES string of the molecule is CCC1CCCC(C2=CC(Cl)CCCC2)C1. The number of halogens is 1. The summed E-state index contributed by atoms with van der Waals surface area (Å²) < 4.78 is 0. The molecule has 0 amide bonds. The first kappa shape index (κ1) is 12.5. The monoisotopic (exact) mass is 240 g/mol. The number of allylic oxidation sites excluding steroid dienone is 2. The molecule has 0 spiro atoms. The highest BCUT2D eigenvalue weighted by Crippen LogP contribution is 2.38. The first-order chi connectivity index (χ1) is 7.79. The quantitative estimate of drug-likeness (QED) is 0.453. The van der Waals surface area contributed by atoms with E-state index in [1.54, 1.807) is 5.57 Å². The summed E-state index contributed by atoms with van der Waals surface area (Å²) >= 11 is 6.33. The minimum atomic E-state index is 0.319. The van der Waals surface area contributed by atoms with E-state index in [4.69, 9.17) is 11.6 Å². The predicted octanol–water partition coefficient (Wildman–Crippen LogP) is 5.31. The van der Waals surface area contributed by atoms with Gasteiger partial charge in [0.2, 0.25) is 0 Å². The lowest BCUT2D eigenvalue weighted by molar-refractivity contribution is 0.284. The van der Waals surface area contributed by atoms with Crippen molar-refractivity contribution >= 4 is 11.6 Å². The van der Waals surface area contributed by atoms with E-state index in [-0.39, 0.29) is 0 Å². The van der Waals surface area contributed by atoms with Crippen LogP contribution in [0.5, 0.6) is 0 Å². The Hall–Kier alpha value is 0.0300. The molecule has 2 aliphatic rings. The molecule has 92 valence electrons. The summed E-state index contributed by atoms with van der Waals surface area (Å²) in [7, 11) is 0. The van der Waals surface area contributed by atoms with Crippen LogP contribution in [-0.4, -0.2) is 5.38 Å². The molecule has 2 rings (SSSR count). The minimum Gasteiger partial charge on any atom is -0.118 e. The fourth-order valence-corrected chi connectivity index (χ4v) is 3.72. The molecule has 0 nitrogen and oxygen atoms in total. The molecule has 1 fully saturated rings. The standard InChI is InChI=1S/C15H25Cl/c1-2-12-6-5-8-13(10-12)14-7-3-4-9-15(16)11-14/h11-13,15H,2-10H2,1H3. The molecule has 0 heterocycles. The first-order valence-corrected chi connectivity index (χ1v) is 7.58. The second-order valence-corrected chi connectivity index (χ2v) is 6.20. The lowest BCUT2D eigenvalue weighted by Crippen LogP contribution is -2.17. The van der Waals surface area contributed by atoms with Crippen molar-refractivity contribution < 1.29 is 0 Å². The molecule has 0 radical (unpaired) electrons. The van der Waals surface area contributed by atoms with Crippen LogP contribution in [0, 0.1) is 11.8 Å². The smallest absolute Gasteiger partial charge is 0.0518 e. The van der Waals surface area contributed by atoms with Gasteiger partial charge in [-0.25, -0.2) is 0 Å². The molecular formula is C15H25Cl. The third kappa shape index (κ3) is 3.26. The zero-order valence-electron chi connectivity index (χ0n) is 10.6. The summed E-state index contributed by atoms with van der Waals surface area (Å²) in [6.45, 7) is 2.35. The summed E-state index contributed by atoms with van der Waals surface area (Å²) in [6, 6.07) is 0. The molecule has 16 heavy (non-hydrogen) atoms. The van der Waals surface area contributed by atoms with Crippen molar-refractivity contribution in [2.24, 2.45) is 11.8 Å². The Bertz CT molecular complexity index is 244. The summed E-state index contributed by atoms with van der Waals surface area (Å²) in [6.07, 6.45) is 14.7. The van der Waals surface area contributed by atoms with Crippen LogP contribution in [0.15, 0.2) is 11.6 Å². The van der Waals surface area contributed by atoms with Crippen molar-refractivity contribution in [3.05, 3.63) is 11.6 Å². The van der Waals surface area contributed by atoms with Crippen LogP contribution >= 0.6 is 11.6 Å². The second-order valence-electron chi connectivity index (χ2n) is 5.64. The topological polar surface area (TPSA) is 0 Å².